The molecule has 0 saturated heterocycles. The van der Waals surface area contributed by atoms with E-state index >= 15 is 0 Å². The number of amides is 1. The molecule has 0 aromatic heterocycles. The molecule has 0 fully saturated rings. The van der Waals surface area contributed by atoms with Gasteiger partial charge < -0.3 is 10.4 Å². The lowest BCUT2D eigenvalue weighted by atomic mass is 9.97. The molecule has 2 aromatic carbocycles. The Hall–Kier alpha value is -2.69. The number of hydrogen-bond donors (Lipinski definition) is 2. The second-order valence-corrected chi connectivity index (χ2v) is 6.35. The van der Waals surface area contributed by atoms with Crippen LogP contribution in [0.3, 0.4) is 0 Å². The number of anilines is 1. The van der Waals surface area contributed by atoms with Crippen LogP contribution in [0.5, 0.6) is 0 Å². The fourth-order valence-electron chi connectivity index (χ4n) is 2.56. The first-order valence-electron chi connectivity index (χ1n) is 8.22. The van der Waals surface area contributed by atoms with Crippen molar-refractivity contribution in [1.29, 1.82) is 0 Å². The first kappa shape index (κ1) is 18.6. The van der Waals surface area contributed by atoms with E-state index in [0.717, 1.165) is 11.1 Å². The summed E-state index contributed by atoms with van der Waals surface area (Å²) in [5, 5.41) is 11.8. The molecule has 0 spiro atoms. The number of benzene rings is 2. The van der Waals surface area contributed by atoms with Gasteiger partial charge in [-0.15, -0.1) is 0 Å². The van der Waals surface area contributed by atoms with Crippen LogP contribution in [0.15, 0.2) is 48.5 Å². The summed E-state index contributed by atoms with van der Waals surface area (Å²) in [5.74, 6) is -1.71. The van der Waals surface area contributed by atoms with Gasteiger partial charge in [-0.25, -0.2) is 4.39 Å². The van der Waals surface area contributed by atoms with E-state index in [1.54, 1.807) is 31.2 Å². The molecule has 2 N–H and O–H groups in total. The van der Waals surface area contributed by atoms with Crippen LogP contribution in [-0.2, 0) is 16.0 Å². The maximum absolute atomic E-state index is 12.9. The highest BCUT2D eigenvalue weighted by Gasteiger charge is 2.13. The number of nitrogens with one attached hydrogen (secondary N) is 1. The topological polar surface area (TPSA) is 66.4 Å². The number of rotatable bonds is 7. The van der Waals surface area contributed by atoms with Crippen LogP contribution in [0.2, 0.25) is 0 Å². The molecule has 2 atom stereocenters. The lowest BCUT2D eigenvalue weighted by Gasteiger charge is -2.13. The van der Waals surface area contributed by atoms with E-state index in [-0.39, 0.29) is 17.6 Å². The van der Waals surface area contributed by atoms with Crippen molar-refractivity contribution in [3.63, 3.8) is 0 Å². The Balaban J connectivity index is 1.89. The van der Waals surface area contributed by atoms with Gasteiger partial charge in [0.15, 0.2) is 0 Å². The van der Waals surface area contributed by atoms with Gasteiger partial charge in [-0.1, -0.05) is 38.1 Å². The van der Waals surface area contributed by atoms with Crippen molar-refractivity contribution >= 4 is 17.6 Å². The highest BCUT2D eigenvalue weighted by Crippen LogP contribution is 2.20. The standard InChI is InChI=1S/C20H22FNO3/c1-13(16-5-7-17(21)8-6-16)12-19(23)22-18-9-3-15(4-10-18)11-14(2)20(24)25/h3-10,13-14H,11-12H2,1-2H3,(H,22,23)(H,24,25). The van der Waals surface area contributed by atoms with E-state index in [9.17, 15) is 14.0 Å². The predicted octanol–water partition coefficient (Wildman–Crippen LogP) is 4.22. The van der Waals surface area contributed by atoms with Gasteiger partial charge in [0.2, 0.25) is 5.91 Å². The molecule has 0 aliphatic rings. The van der Waals surface area contributed by atoms with Crippen LogP contribution in [-0.4, -0.2) is 17.0 Å². The molecule has 1 amide bonds. The van der Waals surface area contributed by atoms with Crippen LogP contribution in [0.25, 0.3) is 0 Å². The summed E-state index contributed by atoms with van der Waals surface area (Å²) < 4.78 is 12.9. The molecular weight excluding hydrogens is 321 g/mol. The summed E-state index contributed by atoms with van der Waals surface area (Å²) >= 11 is 0. The van der Waals surface area contributed by atoms with Crippen molar-refractivity contribution in [2.24, 2.45) is 5.92 Å². The van der Waals surface area contributed by atoms with Crippen molar-refractivity contribution in [2.75, 3.05) is 5.32 Å². The highest BCUT2D eigenvalue weighted by atomic mass is 19.1. The van der Waals surface area contributed by atoms with Crippen molar-refractivity contribution in [2.45, 2.75) is 32.6 Å². The molecule has 0 heterocycles. The average Bonchev–Trinajstić information content (AvgIpc) is 2.57. The summed E-state index contributed by atoms with van der Waals surface area (Å²) in [5.41, 5.74) is 2.49. The van der Waals surface area contributed by atoms with Gasteiger partial charge in [-0.3, -0.25) is 9.59 Å². The number of carbonyl (C=O) groups excluding carboxylic acids is 1. The zero-order valence-corrected chi connectivity index (χ0v) is 14.3. The summed E-state index contributed by atoms with van der Waals surface area (Å²) in [4.78, 5) is 23.0. The molecule has 0 aliphatic carbocycles. The fourth-order valence-corrected chi connectivity index (χ4v) is 2.56. The maximum Gasteiger partial charge on any atom is 0.306 e. The lowest BCUT2D eigenvalue weighted by molar-refractivity contribution is -0.141. The van der Waals surface area contributed by atoms with Gasteiger partial charge >= 0.3 is 5.97 Å². The second-order valence-electron chi connectivity index (χ2n) is 6.35. The van der Waals surface area contributed by atoms with Crippen LogP contribution in [0.1, 0.15) is 37.3 Å². The minimum Gasteiger partial charge on any atom is -0.481 e. The molecule has 25 heavy (non-hydrogen) atoms. The summed E-state index contributed by atoms with van der Waals surface area (Å²) in [7, 11) is 0. The zero-order chi connectivity index (χ0) is 18.4. The van der Waals surface area contributed by atoms with Crippen LogP contribution in [0, 0.1) is 11.7 Å². The molecule has 0 saturated carbocycles. The first-order valence-corrected chi connectivity index (χ1v) is 8.22. The number of carboxylic acid groups (broad SMARTS) is 1. The van der Waals surface area contributed by atoms with Gasteiger partial charge in [-0.05, 0) is 47.7 Å². The number of carbonyl (C=O) groups is 2. The maximum atomic E-state index is 12.9. The third-order valence-electron chi connectivity index (χ3n) is 4.13. The Morgan fingerprint density at radius 3 is 2.20 bits per heavy atom. The highest BCUT2D eigenvalue weighted by molar-refractivity contribution is 5.91. The van der Waals surface area contributed by atoms with Crippen molar-refractivity contribution in [3.8, 4) is 0 Å². The molecule has 5 heteroatoms. The minimum absolute atomic E-state index is 0.0173. The smallest absolute Gasteiger partial charge is 0.306 e. The van der Waals surface area contributed by atoms with Gasteiger partial charge in [0.25, 0.3) is 0 Å². The Morgan fingerprint density at radius 2 is 1.64 bits per heavy atom. The first-order chi connectivity index (χ1) is 11.8. The van der Waals surface area contributed by atoms with Gasteiger partial charge in [0.1, 0.15) is 5.82 Å². The number of halogens is 1. The van der Waals surface area contributed by atoms with E-state index in [1.807, 2.05) is 19.1 Å². The molecule has 132 valence electrons. The Bertz CT molecular complexity index is 726. The van der Waals surface area contributed by atoms with E-state index in [4.69, 9.17) is 5.11 Å². The van der Waals surface area contributed by atoms with Crippen molar-refractivity contribution in [1.82, 2.24) is 0 Å². The summed E-state index contributed by atoms with van der Waals surface area (Å²) in [6, 6.07) is 13.3. The number of hydrogen-bond acceptors (Lipinski definition) is 2. The third kappa shape index (κ3) is 5.71. The van der Waals surface area contributed by atoms with E-state index in [1.165, 1.54) is 12.1 Å². The molecule has 2 rings (SSSR count). The minimum atomic E-state index is -0.827. The van der Waals surface area contributed by atoms with Gasteiger partial charge in [-0.2, -0.15) is 0 Å². The quantitative estimate of drug-likeness (QED) is 0.791. The van der Waals surface area contributed by atoms with E-state index in [2.05, 4.69) is 5.32 Å². The molecule has 2 aromatic rings. The van der Waals surface area contributed by atoms with Gasteiger partial charge in [0.05, 0.1) is 5.92 Å². The second kappa shape index (κ2) is 8.42. The van der Waals surface area contributed by atoms with Crippen molar-refractivity contribution < 1.29 is 19.1 Å². The molecule has 0 bridgehead atoms. The third-order valence-corrected chi connectivity index (χ3v) is 4.13. The predicted molar refractivity (Wildman–Crippen MR) is 95.0 cm³/mol. The summed E-state index contributed by atoms with van der Waals surface area (Å²) in [6.07, 6.45) is 0.745. The summed E-state index contributed by atoms with van der Waals surface area (Å²) in [6.45, 7) is 3.58. The number of aliphatic carboxylic acids is 1. The Morgan fingerprint density at radius 1 is 1.04 bits per heavy atom. The van der Waals surface area contributed by atoms with Crippen LogP contribution >= 0.6 is 0 Å². The van der Waals surface area contributed by atoms with Crippen LogP contribution < -0.4 is 5.32 Å². The molecule has 0 aliphatic heterocycles. The fraction of sp³-hybridized carbons (Fsp3) is 0.300. The monoisotopic (exact) mass is 343 g/mol. The average molecular weight is 343 g/mol. The molecule has 0 radical (unpaired) electrons. The van der Waals surface area contributed by atoms with Crippen molar-refractivity contribution in [3.05, 3.63) is 65.5 Å². The molecule has 2 unspecified atom stereocenters. The number of carboxylic acids is 1. The van der Waals surface area contributed by atoms with Gasteiger partial charge in [0, 0.05) is 12.1 Å². The Kier molecular flexibility index (Phi) is 6.28. The zero-order valence-electron chi connectivity index (χ0n) is 14.3. The van der Waals surface area contributed by atoms with E-state index in [0.29, 0.717) is 18.5 Å². The normalized spacial score (nSPS) is 13.1. The Labute approximate surface area is 146 Å². The van der Waals surface area contributed by atoms with E-state index < -0.39 is 11.9 Å². The van der Waals surface area contributed by atoms with Crippen LogP contribution in [0.4, 0.5) is 10.1 Å². The lowest BCUT2D eigenvalue weighted by Crippen LogP contribution is -2.15. The SMILES string of the molecule is CC(Cc1ccc(NC(=O)CC(C)c2ccc(F)cc2)cc1)C(=O)O. The molecular formula is C20H22FNO3. The largest absolute Gasteiger partial charge is 0.481 e. The molecule has 4 nitrogen and oxygen atoms in total.